The van der Waals surface area contributed by atoms with Crippen molar-refractivity contribution in [2.45, 2.75) is 146 Å². The molecule has 0 spiro atoms. The highest BCUT2D eigenvalue weighted by Crippen LogP contribution is 2.23. The molecule has 28 heteroatoms. The van der Waals surface area contributed by atoms with E-state index in [9.17, 15) is 68.4 Å². The lowest BCUT2D eigenvalue weighted by atomic mass is 9.99. The maximum Gasteiger partial charge on any atom is 0.246 e. The number of aliphatic hydroxyl groups excluding tert-OH is 3. The number of hydrogen-bond donors (Lipinski definition) is 16. The topological polar surface area (TPSA) is 457 Å². The van der Waals surface area contributed by atoms with Crippen molar-refractivity contribution in [3.63, 3.8) is 0 Å². The van der Waals surface area contributed by atoms with Gasteiger partial charge in [0.25, 0.3) is 0 Å². The van der Waals surface area contributed by atoms with Gasteiger partial charge in [-0.2, -0.15) is 0 Å². The van der Waals surface area contributed by atoms with E-state index < -0.39 is 132 Å². The predicted octanol–water partition coefficient (Wildman–Crippen LogP) is -2.70. The van der Waals surface area contributed by atoms with E-state index in [-0.39, 0.29) is 75.7 Å². The van der Waals surface area contributed by atoms with Crippen LogP contribution in [0.1, 0.15) is 76.5 Å². The smallest absolute Gasteiger partial charge is 0.246 e. The number of guanidine groups is 1. The number of aromatic hydroxyl groups is 1. The Morgan fingerprint density at radius 2 is 1.35 bits per heavy atom. The number of rotatable bonds is 32. The molecule has 1 saturated heterocycles. The summed E-state index contributed by atoms with van der Waals surface area (Å²) in [5.41, 5.74) is 19.7. The van der Waals surface area contributed by atoms with Gasteiger partial charge < -0.3 is 90.0 Å². The number of β-amino-alcohol motifs (C(OH)–C–C–N with tert-alkyl or cyclic N) is 1. The van der Waals surface area contributed by atoms with Crippen molar-refractivity contribution >= 4 is 75.9 Å². The summed E-state index contributed by atoms with van der Waals surface area (Å²) in [6.07, 6.45) is -1.76. The minimum absolute atomic E-state index is 0.0329. The average Bonchev–Trinajstić information content (AvgIpc) is 2.76. The largest absolute Gasteiger partial charge is 0.508 e. The van der Waals surface area contributed by atoms with Gasteiger partial charge >= 0.3 is 0 Å². The highest BCUT2D eigenvalue weighted by Gasteiger charge is 2.43. The number of aromatic amines is 1. The molecular formula is C60H82N14O14. The number of nitrogens with zero attached hydrogens (tertiary/aromatic N) is 2. The minimum Gasteiger partial charge on any atom is -0.508 e. The first kappa shape index (κ1) is 69.4. The fourth-order valence-electron chi connectivity index (χ4n) is 9.96. The number of aromatic nitrogens is 1. The van der Waals surface area contributed by atoms with Gasteiger partial charge in [-0.15, -0.1) is 0 Å². The monoisotopic (exact) mass is 1220 g/mol. The lowest BCUT2D eigenvalue weighted by molar-refractivity contribution is -0.142. The summed E-state index contributed by atoms with van der Waals surface area (Å²) in [5.74, 6) is -8.95. The van der Waals surface area contributed by atoms with Crippen LogP contribution in [-0.4, -0.2) is 182 Å². The number of nitrogens with two attached hydrogens (primary N) is 3. The first-order valence-corrected chi connectivity index (χ1v) is 28.8. The van der Waals surface area contributed by atoms with E-state index in [4.69, 9.17) is 17.2 Å². The maximum absolute atomic E-state index is 14.2. The molecule has 0 saturated carbocycles. The van der Waals surface area contributed by atoms with Crippen LogP contribution >= 0.6 is 0 Å². The number of benzene rings is 3. The second kappa shape index (κ2) is 33.5. The zero-order valence-electron chi connectivity index (χ0n) is 49.7. The number of aliphatic imine (C=N–C) groups is 1. The molecular weight excluding hydrogens is 1140 g/mol. The number of fused-ring (bicyclic) bond motifs is 1. The average molecular weight is 1220 g/mol. The summed E-state index contributed by atoms with van der Waals surface area (Å²) in [6, 6.07) is 10.4. The van der Waals surface area contributed by atoms with Gasteiger partial charge in [0.1, 0.15) is 48.0 Å². The Bertz CT molecular complexity index is 3140. The molecule has 0 bridgehead atoms. The van der Waals surface area contributed by atoms with Crippen molar-refractivity contribution in [3.05, 3.63) is 114 Å². The normalized spacial score (nSPS) is 17.2. The zero-order valence-corrected chi connectivity index (χ0v) is 49.7. The summed E-state index contributed by atoms with van der Waals surface area (Å²) in [4.78, 5) is 143. The van der Waals surface area contributed by atoms with Crippen molar-refractivity contribution in [3.8, 4) is 5.75 Å². The Hall–Kier alpha value is -9.41. The Morgan fingerprint density at radius 1 is 0.716 bits per heavy atom. The first-order valence-electron chi connectivity index (χ1n) is 28.8. The van der Waals surface area contributed by atoms with Gasteiger partial charge in [-0.1, -0.05) is 74.5 Å². The fraction of sp³-hybridized carbons (Fsp3) is 0.450. The van der Waals surface area contributed by atoms with E-state index in [1.807, 2.05) is 24.3 Å². The number of amides is 10. The van der Waals surface area contributed by atoms with Gasteiger partial charge in [0.2, 0.25) is 59.1 Å². The number of para-hydroxylation sites is 1. The molecule has 0 unspecified atom stereocenters. The molecule has 28 nitrogen and oxygen atoms in total. The summed E-state index contributed by atoms with van der Waals surface area (Å²) >= 11 is 0. The van der Waals surface area contributed by atoms with E-state index in [0.29, 0.717) is 16.7 Å². The standard InChI is InChI=1S/C60H82N14O14/c1-32(2)24-45(55(84)69-42(16-11-23-65-60(63)64-5)54(83)71-44(53(62)82)27-37-30-66-41-15-10-9-14-40(37)41)68-51(81)22-21-49(79)43(25-35-12-7-6-8-13-35)70-58(87)52(33(3)75)73-56(85)46(29-50(61)80)72-57(86)48-28-39(78)31-74(48)59(88)47(67-34(4)76)26-36-17-19-38(77)20-18-36/h6-10,12-15,17-22,30,32-33,39,42-49,52,66,75,77-79H,11,16,23-29,31H2,1-5H3,(H2,61,80)(H2,62,82)(H,67,76)(H,68,81)(H,69,84)(H,70,87)(H,71,83)(H,72,86)(H,73,85)(H3,63,64,65)/t33-,39-,42+,43+,44+,45+,46+,47-,48+,49-,52+/m1/s1. The molecule has 19 N–H and O–H groups in total. The number of likely N-dealkylation sites (tertiary alicyclic amines) is 1. The van der Waals surface area contributed by atoms with Crippen LogP contribution in [-0.2, 0) is 67.2 Å². The van der Waals surface area contributed by atoms with Gasteiger partial charge in [0, 0.05) is 69.5 Å². The SMILES string of the molecule is CN=C(N)NCCC[C@H](NC(=O)[C@H](CC(C)C)NC(=O)C=C[C@@H](O)[C@H](Cc1ccccc1)NC(=O)[C@@H](NC(=O)[C@H](CC(N)=O)NC(=O)[C@@H]1C[C@@H](O)CN1C(=O)[C@@H](Cc1ccc(O)cc1)NC(C)=O)[C@@H](C)O)C(=O)N[C@@H](Cc1c[nH]c2ccccc12)C(N)=O. The van der Waals surface area contributed by atoms with Crippen LogP contribution < -0.4 is 59.7 Å². The molecule has 4 aromatic rings. The molecule has 5 rings (SSSR count). The number of carbonyl (C=O) groups excluding carboxylic acids is 10. The third-order valence-corrected chi connectivity index (χ3v) is 14.4. The lowest BCUT2D eigenvalue weighted by Crippen LogP contribution is -2.61. The van der Waals surface area contributed by atoms with Crippen molar-refractivity contribution in [2.75, 3.05) is 20.1 Å². The molecule has 88 heavy (non-hydrogen) atoms. The summed E-state index contributed by atoms with van der Waals surface area (Å²) in [7, 11) is 1.49. The van der Waals surface area contributed by atoms with E-state index in [1.165, 1.54) is 38.2 Å². The highest BCUT2D eigenvalue weighted by molar-refractivity contribution is 5.99. The van der Waals surface area contributed by atoms with Gasteiger partial charge in [0.05, 0.1) is 30.8 Å². The third-order valence-electron chi connectivity index (χ3n) is 14.4. The Balaban J connectivity index is 1.30. The molecule has 3 aromatic carbocycles. The molecule has 2 heterocycles. The third kappa shape index (κ3) is 21.5. The number of primary amides is 2. The minimum atomic E-state index is -1.83. The van der Waals surface area contributed by atoms with Gasteiger partial charge in [-0.3, -0.25) is 52.9 Å². The summed E-state index contributed by atoms with van der Waals surface area (Å²) in [5, 5.41) is 64.7. The maximum atomic E-state index is 14.2. The van der Waals surface area contributed by atoms with Crippen LogP contribution in [0.15, 0.2) is 102 Å². The first-order chi connectivity index (χ1) is 41.7. The van der Waals surface area contributed by atoms with Crippen molar-refractivity contribution < 1.29 is 68.4 Å². The lowest BCUT2D eigenvalue weighted by Gasteiger charge is -2.30. The van der Waals surface area contributed by atoms with Crippen molar-refractivity contribution in [1.29, 1.82) is 0 Å². The molecule has 10 amide bonds. The number of carbonyl (C=O) groups is 10. The fourth-order valence-corrected chi connectivity index (χ4v) is 9.96. The number of phenolic OH excluding ortho intramolecular Hbond substituents is 1. The highest BCUT2D eigenvalue weighted by atomic mass is 16.3. The van der Waals surface area contributed by atoms with E-state index in [1.54, 1.807) is 50.4 Å². The molecule has 1 aromatic heterocycles. The van der Waals surface area contributed by atoms with Crippen LogP contribution in [0.5, 0.6) is 5.75 Å². The van der Waals surface area contributed by atoms with E-state index in [0.717, 1.165) is 34.9 Å². The number of aliphatic hydroxyl groups is 3. The van der Waals surface area contributed by atoms with Crippen LogP contribution in [0.2, 0.25) is 0 Å². The van der Waals surface area contributed by atoms with Crippen LogP contribution in [0.25, 0.3) is 10.9 Å². The number of hydrogen-bond acceptors (Lipinski definition) is 15. The van der Waals surface area contributed by atoms with Crippen molar-refractivity contribution in [2.24, 2.45) is 28.1 Å². The second-order valence-corrected chi connectivity index (χ2v) is 22.1. The van der Waals surface area contributed by atoms with Crippen LogP contribution in [0.3, 0.4) is 0 Å². The quantitative estimate of drug-likeness (QED) is 0.0102. The number of phenols is 1. The Kier molecular flexibility index (Phi) is 26.4. The van der Waals surface area contributed by atoms with Gasteiger partial charge in [-0.05, 0) is 79.5 Å². The van der Waals surface area contributed by atoms with Gasteiger partial charge in [-0.25, -0.2) is 0 Å². The zero-order chi connectivity index (χ0) is 64.8. The van der Waals surface area contributed by atoms with Gasteiger partial charge in [0.15, 0.2) is 5.96 Å². The molecule has 11 atom stereocenters. The van der Waals surface area contributed by atoms with E-state index >= 15 is 0 Å². The Morgan fingerprint density at radius 3 is 1.99 bits per heavy atom. The molecule has 1 fully saturated rings. The second-order valence-electron chi connectivity index (χ2n) is 22.1. The molecule has 1 aliphatic rings. The Labute approximate surface area is 508 Å². The van der Waals surface area contributed by atoms with E-state index in [2.05, 4.69) is 52.5 Å². The molecule has 476 valence electrons. The molecule has 1 aliphatic heterocycles. The number of H-pyrrole nitrogens is 1. The summed E-state index contributed by atoms with van der Waals surface area (Å²) in [6.45, 7) is 5.84. The van der Waals surface area contributed by atoms with Crippen LogP contribution in [0.4, 0.5) is 0 Å². The van der Waals surface area contributed by atoms with Crippen molar-refractivity contribution in [1.82, 2.24) is 52.4 Å². The molecule has 0 aliphatic carbocycles. The predicted molar refractivity (Wildman–Crippen MR) is 323 cm³/mol. The van der Waals surface area contributed by atoms with Crippen LogP contribution in [0, 0.1) is 5.92 Å². The number of nitrogens with one attached hydrogen (secondary N) is 9. The molecule has 0 radical (unpaired) electrons. The summed E-state index contributed by atoms with van der Waals surface area (Å²) < 4.78 is 0.